The molecule has 11 heteroatoms. The Morgan fingerprint density at radius 2 is 1.24 bits per heavy atom. The molecule has 3 aromatic rings. The van der Waals surface area contributed by atoms with E-state index in [0.29, 0.717) is 22.7 Å². The van der Waals surface area contributed by atoms with Crippen LogP contribution in [0.4, 0.5) is 29.3 Å². The van der Waals surface area contributed by atoms with Gasteiger partial charge in [-0.1, -0.05) is 0 Å². The van der Waals surface area contributed by atoms with Crippen LogP contribution in [0.15, 0.2) is 72.8 Å². The Hall–Kier alpha value is -4.25. The van der Waals surface area contributed by atoms with E-state index in [4.69, 9.17) is 9.84 Å². The Labute approximate surface area is 192 Å². The molecule has 0 aliphatic rings. The van der Waals surface area contributed by atoms with Crippen molar-refractivity contribution in [3.63, 3.8) is 0 Å². The minimum Gasteiger partial charge on any atom is -0.457 e. The zero-order chi connectivity index (χ0) is 24.6. The molecule has 0 unspecified atom stereocenters. The van der Waals surface area contributed by atoms with Gasteiger partial charge in [-0.3, -0.25) is 4.79 Å². The number of rotatable bonds is 8. The maximum absolute atomic E-state index is 12.2. The van der Waals surface area contributed by atoms with Gasteiger partial charge in [-0.2, -0.15) is 0 Å². The van der Waals surface area contributed by atoms with Gasteiger partial charge >= 0.3 is 12.4 Å². The third-order valence-electron chi connectivity index (χ3n) is 4.21. The predicted octanol–water partition coefficient (Wildman–Crippen LogP) is 4.74. The summed E-state index contributed by atoms with van der Waals surface area (Å²) in [4.78, 5) is 23.9. The summed E-state index contributed by atoms with van der Waals surface area (Å²) in [5.74, 6) is 0.285. The first-order valence-corrected chi connectivity index (χ1v) is 9.93. The summed E-state index contributed by atoms with van der Waals surface area (Å²) in [6.07, 6.45) is -4.79. The second-order valence-electron chi connectivity index (χ2n) is 6.78. The molecule has 178 valence electrons. The van der Waals surface area contributed by atoms with Crippen molar-refractivity contribution >= 4 is 23.3 Å². The van der Waals surface area contributed by atoms with E-state index in [1.54, 1.807) is 48.5 Å². The van der Waals surface area contributed by atoms with E-state index in [0.717, 1.165) is 12.1 Å². The van der Waals surface area contributed by atoms with Gasteiger partial charge in [0.25, 0.3) is 5.91 Å². The second-order valence-corrected chi connectivity index (χ2v) is 6.78. The highest BCUT2D eigenvalue weighted by atomic mass is 19.4. The molecule has 0 spiro atoms. The molecule has 0 fully saturated rings. The summed E-state index contributed by atoms with van der Waals surface area (Å²) in [5.41, 5.74) is 1.16. The number of aliphatic hydroxyl groups is 1. The highest BCUT2D eigenvalue weighted by Gasteiger charge is 2.30. The number of halogens is 3. The maximum atomic E-state index is 12.2. The molecule has 0 heterocycles. The Balaban J connectivity index is 1.50. The second kappa shape index (κ2) is 11.1. The van der Waals surface area contributed by atoms with Crippen LogP contribution in [-0.4, -0.2) is 36.6 Å². The van der Waals surface area contributed by atoms with Gasteiger partial charge < -0.3 is 30.5 Å². The van der Waals surface area contributed by atoms with E-state index in [2.05, 4.69) is 20.7 Å². The van der Waals surface area contributed by atoms with Gasteiger partial charge in [-0.05, 0) is 72.8 Å². The molecule has 0 saturated carbocycles. The fourth-order valence-corrected chi connectivity index (χ4v) is 2.72. The first kappa shape index (κ1) is 24.4. The van der Waals surface area contributed by atoms with Crippen molar-refractivity contribution < 1.29 is 37.3 Å². The average Bonchev–Trinajstić information content (AvgIpc) is 2.79. The molecule has 3 aromatic carbocycles. The molecule has 0 aliphatic heterocycles. The number of nitrogens with one attached hydrogen (secondary N) is 3. The SMILES string of the molecule is O=C(Nc1ccc(Oc2ccc(C(=O)NCCO)cc2)cc1)Nc1ccc(OC(F)(F)F)cc1. The van der Waals surface area contributed by atoms with E-state index in [9.17, 15) is 22.8 Å². The van der Waals surface area contributed by atoms with Crippen LogP contribution in [0.2, 0.25) is 0 Å². The van der Waals surface area contributed by atoms with Crippen molar-refractivity contribution in [2.24, 2.45) is 0 Å². The van der Waals surface area contributed by atoms with Crippen molar-refractivity contribution in [2.45, 2.75) is 6.36 Å². The lowest BCUT2D eigenvalue weighted by Crippen LogP contribution is -2.26. The molecular formula is C23H20F3N3O5. The normalized spacial score (nSPS) is 10.8. The number of alkyl halides is 3. The zero-order valence-electron chi connectivity index (χ0n) is 17.6. The Bertz CT molecular complexity index is 1100. The monoisotopic (exact) mass is 475 g/mol. The van der Waals surface area contributed by atoms with Crippen LogP contribution in [0, 0.1) is 0 Å². The van der Waals surface area contributed by atoms with Gasteiger partial charge in [0.2, 0.25) is 0 Å². The fraction of sp³-hybridized carbons (Fsp3) is 0.130. The predicted molar refractivity (Wildman–Crippen MR) is 118 cm³/mol. The summed E-state index contributed by atoms with van der Waals surface area (Å²) in [7, 11) is 0. The van der Waals surface area contributed by atoms with E-state index in [1.165, 1.54) is 12.1 Å². The molecular weight excluding hydrogens is 455 g/mol. The largest absolute Gasteiger partial charge is 0.573 e. The van der Waals surface area contributed by atoms with E-state index in [-0.39, 0.29) is 24.7 Å². The first-order chi connectivity index (χ1) is 16.2. The highest BCUT2D eigenvalue weighted by Crippen LogP contribution is 2.25. The highest BCUT2D eigenvalue weighted by molar-refractivity contribution is 5.99. The number of hydrogen-bond acceptors (Lipinski definition) is 5. The van der Waals surface area contributed by atoms with Crippen LogP contribution in [0.1, 0.15) is 10.4 Å². The topological polar surface area (TPSA) is 109 Å². The van der Waals surface area contributed by atoms with Gasteiger partial charge in [0.1, 0.15) is 17.2 Å². The number of carbonyl (C=O) groups excluding carboxylic acids is 2. The third-order valence-corrected chi connectivity index (χ3v) is 4.21. The standard InChI is InChI=1S/C23H20F3N3O5/c24-23(25,26)34-20-11-5-17(6-12-20)29-22(32)28-16-3-9-19(10-4-16)33-18-7-1-15(2-8-18)21(31)27-13-14-30/h1-12,30H,13-14H2,(H,27,31)(H2,28,29,32). The third kappa shape index (κ3) is 7.71. The van der Waals surface area contributed by atoms with Crippen LogP contribution in [0.3, 0.4) is 0 Å². The molecule has 0 aromatic heterocycles. The average molecular weight is 475 g/mol. The number of urea groups is 1. The van der Waals surface area contributed by atoms with Crippen LogP contribution < -0.4 is 25.4 Å². The number of amides is 3. The number of ether oxygens (including phenoxy) is 2. The quantitative estimate of drug-likeness (QED) is 0.376. The minimum absolute atomic E-state index is 0.146. The number of aliphatic hydroxyl groups excluding tert-OH is 1. The van der Waals surface area contributed by atoms with Crippen molar-refractivity contribution in [1.82, 2.24) is 5.32 Å². The van der Waals surface area contributed by atoms with Gasteiger partial charge in [0.05, 0.1) is 6.61 Å². The smallest absolute Gasteiger partial charge is 0.457 e. The Kier molecular flexibility index (Phi) is 7.93. The molecule has 34 heavy (non-hydrogen) atoms. The molecule has 0 bridgehead atoms. The summed E-state index contributed by atoms with van der Waals surface area (Å²) in [5, 5.41) is 16.4. The lowest BCUT2D eigenvalue weighted by molar-refractivity contribution is -0.274. The summed E-state index contributed by atoms with van der Waals surface area (Å²) >= 11 is 0. The number of anilines is 2. The number of carbonyl (C=O) groups is 2. The molecule has 0 radical (unpaired) electrons. The van der Waals surface area contributed by atoms with Crippen molar-refractivity contribution in [2.75, 3.05) is 23.8 Å². The summed E-state index contributed by atoms with van der Waals surface area (Å²) < 4.78 is 46.1. The Morgan fingerprint density at radius 1 is 0.765 bits per heavy atom. The van der Waals surface area contributed by atoms with Crippen LogP contribution in [0.25, 0.3) is 0 Å². The molecule has 3 amide bonds. The van der Waals surface area contributed by atoms with E-state index in [1.807, 2.05) is 0 Å². The van der Waals surface area contributed by atoms with Crippen molar-refractivity contribution in [3.8, 4) is 17.2 Å². The number of benzene rings is 3. The molecule has 3 rings (SSSR count). The lowest BCUT2D eigenvalue weighted by atomic mass is 10.2. The van der Waals surface area contributed by atoms with Crippen LogP contribution >= 0.6 is 0 Å². The molecule has 8 nitrogen and oxygen atoms in total. The molecule has 0 saturated heterocycles. The first-order valence-electron chi connectivity index (χ1n) is 9.93. The summed E-state index contributed by atoms with van der Waals surface area (Å²) in [6, 6.07) is 17.0. The van der Waals surface area contributed by atoms with Crippen molar-refractivity contribution in [3.05, 3.63) is 78.4 Å². The minimum atomic E-state index is -4.79. The fourth-order valence-electron chi connectivity index (χ4n) is 2.72. The molecule has 0 atom stereocenters. The number of hydrogen-bond donors (Lipinski definition) is 4. The van der Waals surface area contributed by atoms with Gasteiger partial charge in [-0.25, -0.2) is 4.79 Å². The van der Waals surface area contributed by atoms with Crippen LogP contribution in [0.5, 0.6) is 17.2 Å². The van der Waals surface area contributed by atoms with Gasteiger partial charge in [0.15, 0.2) is 0 Å². The van der Waals surface area contributed by atoms with Crippen molar-refractivity contribution in [1.29, 1.82) is 0 Å². The maximum Gasteiger partial charge on any atom is 0.573 e. The van der Waals surface area contributed by atoms with Gasteiger partial charge in [-0.15, -0.1) is 13.2 Å². The lowest BCUT2D eigenvalue weighted by Gasteiger charge is -2.11. The van der Waals surface area contributed by atoms with E-state index < -0.39 is 18.1 Å². The summed E-state index contributed by atoms with van der Waals surface area (Å²) in [6.45, 7) is 0.0199. The molecule has 0 aliphatic carbocycles. The van der Waals surface area contributed by atoms with Crippen LogP contribution in [-0.2, 0) is 0 Å². The Morgan fingerprint density at radius 3 is 1.71 bits per heavy atom. The molecule has 4 N–H and O–H groups in total. The zero-order valence-corrected chi connectivity index (χ0v) is 17.6. The van der Waals surface area contributed by atoms with Gasteiger partial charge in [0, 0.05) is 23.5 Å². The van der Waals surface area contributed by atoms with E-state index >= 15 is 0 Å².